The highest BCUT2D eigenvalue weighted by Gasteiger charge is 1.97. The summed E-state index contributed by atoms with van der Waals surface area (Å²) >= 11 is 3.28. The molecule has 2 aromatic heterocycles. The number of H-pyrrole nitrogens is 1. The average molecular weight is 268 g/mol. The molecule has 0 unspecified atom stereocenters. The molecule has 2 rings (SSSR count). The molecule has 15 heavy (non-hydrogen) atoms. The fourth-order valence-corrected chi connectivity index (χ4v) is 1.34. The number of anilines is 1. The first kappa shape index (κ1) is 10.1. The van der Waals surface area contributed by atoms with Crippen LogP contribution in [0, 0.1) is 0 Å². The molecule has 0 saturated carbocycles. The standard InChI is InChI=1S/C9H10BrN5/c10-7-5-14-9(15-6-7)13-2-1-8-11-3-4-12-8/h3-6H,1-2H2,(H,11,12)(H,13,14,15). The number of hydrogen-bond donors (Lipinski definition) is 2. The van der Waals surface area contributed by atoms with Crippen molar-refractivity contribution in [2.75, 3.05) is 11.9 Å². The highest BCUT2D eigenvalue weighted by atomic mass is 79.9. The Kier molecular flexibility index (Phi) is 3.29. The Bertz CT molecular complexity index is 397. The van der Waals surface area contributed by atoms with Crippen LogP contribution in [0.2, 0.25) is 0 Å². The van der Waals surface area contributed by atoms with Gasteiger partial charge in [-0.2, -0.15) is 0 Å². The fourth-order valence-electron chi connectivity index (χ4n) is 1.13. The minimum absolute atomic E-state index is 0.629. The minimum atomic E-state index is 0.629. The van der Waals surface area contributed by atoms with Crippen molar-refractivity contribution >= 4 is 21.9 Å². The molecule has 0 spiro atoms. The van der Waals surface area contributed by atoms with Gasteiger partial charge in [0.05, 0.1) is 4.47 Å². The smallest absolute Gasteiger partial charge is 0.222 e. The molecule has 2 N–H and O–H groups in total. The van der Waals surface area contributed by atoms with Crippen molar-refractivity contribution in [3.8, 4) is 0 Å². The van der Waals surface area contributed by atoms with Gasteiger partial charge in [0.1, 0.15) is 5.82 Å². The maximum atomic E-state index is 4.12. The molecule has 6 heteroatoms. The molecule has 0 fully saturated rings. The quantitative estimate of drug-likeness (QED) is 0.884. The van der Waals surface area contributed by atoms with Gasteiger partial charge < -0.3 is 10.3 Å². The summed E-state index contributed by atoms with van der Waals surface area (Å²) in [6, 6.07) is 0. The summed E-state index contributed by atoms with van der Waals surface area (Å²) in [4.78, 5) is 15.3. The van der Waals surface area contributed by atoms with E-state index in [2.05, 4.69) is 41.2 Å². The molecule has 2 aromatic rings. The lowest BCUT2D eigenvalue weighted by Gasteiger charge is -2.02. The molecule has 0 amide bonds. The van der Waals surface area contributed by atoms with Gasteiger partial charge in [0, 0.05) is 37.8 Å². The molecular weight excluding hydrogens is 258 g/mol. The lowest BCUT2D eigenvalue weighted by molar-refractivity contribution is 0.912. The minimum Gasteiger partial charge on any atom is -0.354 e. The summed E-state index contributed by atoms with van der Waals surface area (Å²) in [5.41, 5.74) is 0. The zero-order chi connectivity index (χ0) is 10.5. The Balaban J connectivity index is 1.81. The Morgan fingerprint density at radius 1 is 1.27 bits per heavy atom. The lowest BCUT2D eigenvalue weighted by Crippen LogP contribution is -2.08. The maximum Gasteiger partial charge on any atom is 0.222 e. The van der Waals surface area contributed by atoms with E-state index >= 15 is 0 Å². The third-order valence-corrected chi connectivity index (χ3v) is 2.23. The van der Waals surface area contributed by atoms with Crippen LogP contribution in [-0.4, -0.2) is 26.5 Å². The van der Waals surface area contributed by atoms with E-state index in [0.29, 0.717) is 5.95 Å². The second-order valence-electron chi connectivity index (χ2n) is 2.94. The Labute approximate surface area is 95.5 Å². The van der Waals surface area contributed by atoms with Gasteiger partial charge >= 0.3 is 0 Å². The number of rotatable bonds is 4. The summed E-state index contributed by atoms with van der Waals surface area (Å²) in [5.74, 6) is 1.59. The summed E-state index contributed by atoms with van der Waals surface area (Å²) in [6.45, 7) is 0.759. The highest BCUT2D eigenvalue weighted by molar-refractivity contribution is 9.10. The van der Waals surface area contributed by atoms with Crippen LogP contribution in [0.4, 0.5) is 5.95 Å². The summed E-state index contributed by atoms with van der Waals surface area (Å²) < 4.78 is 0.874. The topological polar surface area (TPSA) is 66.5 Å². The highest BCUT2D eigenvalue weighted by Crippen LogP contribution is 2.06. The Morgan fingerprint density at radius 3 is 2.73 bits per heavy atom. The predicted molar refractivity (Wildman–Crippen MR) is 60.5 cm³/mol. The van der Waals surface area contributed by atoms with Crippen LogP contribution in [0.3, 0.4) is 0 Å². The second-order valence-corrected chi connectivity index (χ2v) is 3.85. The van der Waals surface area contributed by atoms with E-state index < -0.39 is 0 Å². The van der Waals surface area contributed by atoms with Crippen molar-refractivity contribution < 1.29 is 0 Å². The van der Waals surface area contributed by atoms with Crippen LogP contribution in [0.25, 0.3) is 0 Å². The van der Waals surface area contributed by atoms with E-state index in [1.54, 1.807) is 18.6 Å². The maximum absolute atomic E-state index is 4.12. The monoisotopic (exact) mass is 267 g/mol. The number of hydrogen-bond acceptors (Lipinski definition) is 4. The predicted octanol–water partition coefficient (Wildman–Crippen LogP) is 1.62. The first-order chi connectivity index (χ1) is 7.34. The molecule has 0 radical (unpaired) electrons. The van der Waals surface area contributed by atoms with Gasteiger partial charge in [-0.1, -0.05) is 0 Å². The van der Waals surface area contributed by atoms with Crippen LogP contribution < -0.4 is 5.32 Å². The van der Waals surface area contributed by atoms with E-state index in [4.69, 9.17) is 0 Å². The van der Waals surface area contributed by atoms with Crippen LogP contribution in [0.1, 0.15) is 5.82 Å². The summed E-state index contributed by atoms with van der Waals surface area (Å²) in [7, 11) is 0. The molecule has 0 aliphatic heterocycles. The first-order valence-corrected chi connectivity index (χ1v) is 5.33. The van der Waals surface area contributed by atoms with Gasteiger partial charge in [0.15, 0.2) is 0 Å². The van der Waals surface area contributed by atoms with Crippen LogP contribution in [0.15, 0.2) is 29.3 Å². The first-order valence-electron chi connectivity index (χ1n) is 4.54. The number of aromatic amines is 1. The van der Waals surface area contributed by atoms with Crippen molar-refractivity contribution in [3.05, 3.63) is 35.1 Å². The number of halogens is 1. The van der Waals surface area contributed by atoms with E-state index in [-0.39, 0.29) is 0 Å². The van der Waals surface area contributed by atoms with Gasteiger partial charge in [-0.05, 0) is 15.9 Å². The van der Waals surface area contributed by atoms with Gasteiger partial charge in [0.25, 0.3) is 0 Å². The van der Waals surface area contributed by atoms with Crippen molar-refractivity contribution in [1.29, 1.82) is 0 Å². The largest absolute Gasteiger partial charge is 0.354 e. The Morgan fingerprint density at radius 2 is 2.07 bits per heavy atom. The summed E-state index contributed by atoms with van der Waals surface area (Å²) in [6.07, 6.45) is 7.80. The molecule has 5 nitrogen and oxygen atoms in total. The molecule has 0 aliphatic carbocycles. The van der Waals surface area contributed by atoms with Gasteiger partial charge in [-0.15, -0.1) is 0 Å². The molecule has 0 saturated heterocycles. The molecule has 0 atom stereocenters. The van der Waals surface area contributed by atoms with Crippen LogP contribution in [0.5, 0.6) is 0 Å². The Hall–Kier alpha value is -1.43. The van der Waals surface area contributed by atoms with Gasteiger partial charge in [0.2, 0.25) is 5.95 Å². The van der Waals surface area contributed by atoms with Crippen LogP contribution in [-0.2, 0) is 6.42 Å². The number of aromatic nitrogens is 4. The van der Waals surface area contributed by atoms with Crippen molar-refractivity contribution in [2.45, 2.75) is 6.42 Å². The third kappa shape index (κ3) is 3.02. The molecule has 2 heterocycles. The lowest BCUT2D eigenvalue weighted by atomic mass is 10.4. The molecule has 0 bridgehead atoms. The molecule has 0 aromatic carbocycles. The third-order valence-electron chi connectivity index (χ3n) is 1.82. The van der Waals surface area contributed by atoms with E-state index in [9.17, 15) is 0 Å². The second kappa shape index (κ2) is 4.88. The average Bonchev–Trinajstić information content (AvgIpc) is 2.74. The van der Waals surface area contributed by atoms with E-state index in [1.807, 2.05) is 6.20 Å². The number of imidazole rings is 1. The van der Waals surface area contributed by atoms with Crippen molar-refractivity contribution in [1.82, 2.24) is 19.9 Å². The zero-order valence-corrected chi connectivity index (χ0v) is 9.53. The molecule has 0 aliphatic rings. The SMILES string of the molecule is Brc1cnc(NCCc2ncc[nH]2)nc1. The van der Waals surface area contributed by atoms with E-state index in [0.717, 1.165) is 23.3 Å². The fraction of sp³-hybridized carbons (Fsp3) is 0.222. The van der Waals surface area contributed by atoms with Crippen molar-refractivity contribution in [2.24, 2.45) is 0 Å². The van der Waals surface area contributed by atoms with Crippen molar-refractivity contribution in [3.63, 3.8) is 0 Å². The number of nitrogens with one attached hydrogen (secondary N) is 2. The van der Waals surface area contributed by atoms with E-state index in [1.165, 1.54) is 0 Å². The summed E-state index contributed by atoms with van der Waals surface area (Å²) in [5, 5.41) is 3.11. The zero-order valence-electron chi connectivity index (χ0n) is 7.94. The van der Waals surface area contributed by atoms with Gasteiger partial charge in [-0.25, -0.2) is 15.0 Å². The molecule has 78 valence electrons. The number of nitrogens with zero attached hydrogens (tertiary/aromatic N) is 3. The normalized spacial score (nSPS) is 10.2. The van der Waals surface area contributed by atoms with Crippen LogP contribution >= 0.6 is 15.9 Å². The molecular formula is C9H10BrN5. The van der Waals surface area contributed by atoms with Gasteiger partial charge in [-0.3, -0.25) is 0 Å².